The largest absolute Gasteiger partial charge is 0.486 e. The SMILES string of the molecule is O=[N+]([O-])C=Cc1cc(Cl)c(OCc2cccc(F)c2)c(Cl)c1. The van der Waals surface area contributed by atoms with Crippen LogP contribution in [0.25, 0.3) is 6.08 Å². The van der Waals surface area contributed by atoms with Gasteiger partial charge in [-0.15, -0.1) is 0 Å². The predicted octanol–water partition coefficient (Wildman–Crippen LogP) is 4.96. The van der Waals surface area contributed by atoms with E-state index in [2.05, 4.69) is 0 Å². The molecular formula is C15H10Cl2FNO3. The Bertz CT molecular complexity index is 711. The second kappa shape index (κ2) is 7.24. The molecule has 2 aromatic rings. The van der Waals surface area contributed by atoms with Crippen LogP contribution in [-0.4, -0.2) is 4.92 Å². The molecule has 0 radical (unpaired) electrons. The summed E-state index contributed by atoms with van der Waals surface area (Å²) in [5.74, 6) is -0.121. The molecule has 0 bridgehead atoms. The maximum atomic E-state index is 13.1. The second-order valence-corrected chi connectivity index (χ2v) is 5.15. The van der Waals surface area contributed by atoms with E-state index in [1.165, 1.54) is 30.3 Å². The summed E-state index contributed by atoms with van der Waals surface area (Å²) in [5.41, 5.74) is 1.11. The first-order valence-corrected chi connectivity index (χ1v) is 6.89. The topological polar surface area (TPSA) is 52.4 Å². The van der Waals surface area contributed by atoms with E-state index in [4.69, 9.17) is 27.9 Å². The number of ether oxygens (including phenoxy) is 1. The molecule has 0 spiro atoms. The summed E-state index contributed by atoms with van der Waals surface area (Å²) in [6.07, 6.45) is 2.06. The van der Waals surface area contributed by atoms with Gasteiger partial charge in [0.2, 0.25) is 6.20 Å². The number of nitrogens with zero attached hydrogens (tertiary/aromatic N) is 1. The van der Waals surface area contributed by atoms with Gasteiger partial charge < -0.3 is 4.74 Å². The van der Waals surface area contributed by atoms with Crippen LogP contribution in [0.5, 0.6) is 5.75 Å². The molecule has 0 fully saturated rings. The molecule has 4 nitrogen and oxygen atoms in total. The highest BCUT2D eigenvalue weighted by molar-refractivity contribution is 6.37. The van der Waals surface area contributed by atoms with E-state index >= 15 is 0 Å². The smallest absolute Gasteiger partial charge is 0.235 e. The van der Waals surface area contributed by atoms with Crippen molar-refractivity contribution in [2.75, 3.05) is 0 Å². The van der Waals surface area contributed by atoms with Gasteiger partial charge in [0.25, 0.3) is 0 Å². The normalized spacial score (nSPS) is 10.9. The maximum Gasteiger partial charge on any atom is 0.235 e. The van der Waals surface area contributed by atoms with Crippen molar-refractivity contribution in [3.8, 4) is 5.75 Å². The van der Waals surface area contributed by atoms with Crippen LogP contribution in [0.3, 0.4) is 0 Å². The molecule has 0 heterocycles. The van der Waals surface area contributed by atoms with Crippen LogP contribution in [0.1, 0.15) is 11.1 Å². The van der Waals surface area contributed by atoms with Gasteiger partial charge in [-0.25, -0.2) is 4.39 Å². The first-order valence-electron chi connectivity index (χ1n) is 6.13. The molecule has 0 saturated heterocycles. The van der Waals surface area contributed by atoms with Crippen molar-refractivity contribution >= 4 is 29.3 Å². The monoisotopic (exact) mass is 341 g/mol. The molecule has 0 aliphatic heterocycles. The molecule has 7 heteroatoms. The minimum atomic E-state index is -0.587. The van der Waals surface area contributed by atoms with Gasteiger partial charge in [0.05, 0.1) is 15.0 Å². The van der Waals surface area contributed by atoms with Gasteiger partial charge in [0, 0.05) is 6.08 Å². The van der Waals surface area contributed by atoms with Crippen LogP contribution in [0.15, 0.2) is 42.6 Å². The Morgan fingerprint density at radius 3 is 2.50 bits per heavy atom. The zero-order valence-corrected chi connectivity index (χ0v) is 12.6. The quantitative estimate of drug-likeness (QED) is 0.570. The molecule has 22 heavy (non-hydrogen) atoms. The predicted molar refractivity (Wildman–Crippen MR) is 83.2 cm³/mol. The van der Waals surface area contributed by atoms with E-state index in [0.29, 0.717) is 11.1 Å². The summed E-state index contributed by atoms with van der Waals surface area (Å²) < 4.78 is 18.6. The Labute approximate surface area is 135 Å². The van der Waals surface area contributed by atoms with Gasteiger partial charge in [-0.2, -0.15) is 0 Å². The lowest BCUT2D eigenvalue weighted by Gasteiger charge is -2.11. The first-order chi connectivity index (χ1) is 10.5. The molecule has 0 aliphatic rings. The van der Waals surface area contributed by atoms with E-state index in [0.717, 1.165) is 6.20 Å². The maximum absolute atomic E-state index is 13.1. The Kier molecular flexibility index (Phi) is 5.35. The van der Waals surface area contributed by atoms with E-state index in [1.807, 2.05) is 0 Å². The highest BCUT2D eigenvalue weighted by Crippen LogP contribution is 2.35. The summed E-state index contributed by atoms with van der Waals surface area (Å²) in [6.45, 7) is 0.0985. The van der Waals surface area contributed by atoms with Crippen molar-refractivity contribution in [1.82, 2.24) is 0 Å². The molecule has 0 aromatic heterocycles. The van der Waals surface area contributed by atoms with Crippen molar-refractivity contribution in [3.05, 3.63) is 79.7 Å². The molecule has 0 saturated carbocycles. The van der Waals surface area contributed by atoms with E-state index < -0.39 is 4.92 Å². The van der Waals surface area contributed by atoms with Gasteiger partial charge in [0.15, 0.2) is 5.75 Å². The molecular weight excluding hydrogens is 332 g/mol. The second-order valence-electron chi connectivity index (χ2n) is 4.33. The average Bonchev–Trinajstić information content (AvgIpc) is 2.44. The van der Waals surface area contributed by atoms with Crippen LogP contribution in [0.2, 0.25) is 10.0 Å². The van der Waals surface area contributed by atoms with Crippen molar-refractivity contribution in [2.24, 2.45) is 0 Å². The Hall–Kier alpha value is -2.11. The summed E-state index contributed by atoms with van der Waals surface area (Å²) in [5, 5.41) is 10.7. The number of hydrogen-bond acceptors (Lipinski definition) is 3. The van der Waals surface area contributed by atoms with Gasteiger partial charge in [-0.1, -0.05) is 35.3 Å². The van der Waals surface area contributed by atoms with Crippen LogP contribution in [0.4, 0.5) is 4.39 Å². The Balaban J connectivity index is 2.16. The van der Waals surface area contributed by atoms with Gasteiger partial charge in [-0.05, 0) is 35.4 Å². The van der Waals surface area contributed by atoms with Crippen molar-refractivity contribution in [1.29, 1.82) is 0 Å². The van der Waals surface area contributed by atoms with E-state index in [9.17, 15) is 14.5 Å². The molecule has 0 N–H and O–H groups in total. The van der Waals surface area contributed by atoms with Gasteiger partial charge in [0.1, 0.15) is 12.4 Å². The number of hydrogen-bond donors (Lipinski definition) is 0. The van der Waals surface area contributed by atoms with Crippen LogP contribution >= 0.6 is 23.2 Å². The average molecular weight is 342 g/mol. The summed E-state index contributed by atoms with van der Waals surface area (Å²) >= 11 is 12.1. The van der Waals surface area contributed by atoms with Gasteiger partial charge in [-0.3, -0.25) is 10.1 Å². The van der Waals surface area contributed by atoms with Crippen LogP contribution in [0, 0.1) is 15.9 Å². The number of rotatable bonds is 5. The fraction of sp³-hybridized carbons (Fsp3) is 0.0667. The third-order valence-corrected chi connectivity index (χ3v) is 3.24. The van der Waals surface area contributed by atoms with Crippen molar-refractivity contribution in [3.63, 3.8) is 0 Å². The first kappa shape index (κ1) is 16.3. The standard InChI is InChI=1S/C15H10Cl2FNO3/c16-13-7-10(4-5-19(20)21)8-14(17)15(13)22-9-11-2-1-3-12(18)6-11/h1-8H,9H2. The zero-order chi connectivity index (χ0) is 16.1. The molecule has 0 atom stereocenters. The van der Waals surface area contributed by atoms with Crippen molar-refractivity contribution < 1.29 is 14.1 Å². The highest BCUT2D eigenvalue weighted by Gasteiger charge is 2.10. The Morgan fingerprint density at radius 2 is 1.91 bits per heavy atom. The lowest BCUT2D eigenvalue weighted by Crippen LogP contribution is -1.97. The molecule has 0 amide bonds. The summed E-state index contributed by atoms with van der Waals surface area (Å²) in [4.78, 5) is 9.71. The van der Waals surface area contributed by atoms with E-state index in [-0.39, 0.29) is 28.2 Å². The minimum Gasteiger partial charge on any atom is -0.486 e. The van der Waals surface area contributed by atoms with E-state index in [1.54, 1.807) is 12.1 Å². The third-order valence-electron chi connectivity index (χ3n) is 2.68. The molecule has 2 rings (SSSR count). The van der Waals surface area contributed by atoms with Gasteiger partial charge >= 0.3 is 0 Å². The van der Waals surface area contributed by atoms with Crippen LogP contribution in [-0.2, 0) is 6.61 Å². The minimum absolute atomic E-state index is 0.0985. The zero-order valence-electron chi connectivity index (χ0n) is 11.1. The fourth-order valence-electron chi connectivity index (χ4n) is 1.74. The highest BCUT2D eigenvalue weighted by atomic mass is 35.5. The summed E-state index contributed by atoms with van der Waals surface area (Å²) in [7, 11) is 0. The molecule has 0 unspecified atom stereocenters. The molecule has 2 aromatic carbocycles. The number of benzene rings is 2. The third kappa shape index (κ3) is 4.44. The molecule has 114 valence electrons. The summed E-state index contributed by atoms with van der Waals surface area (Å²) in [6, 6.07) is 8.94. The number of halogens is 3. The number of nitro groups is 1. The fourth-order valence-corrected chi connectivity index (χ4v) is 2.36. The van der Waals surface area contributed by atoms with Crippen molar-refractivity contribution in [2.45, 2.75) is 6.61 Å². The lowest BCUT2D eigenvalue weighted by molar-refractivity contribution is -0.400. The lowest BCUT2D eigenvalue weighted by atomic mass is 10.2. The Morgan fingerprint density at radius 1 is 1.23 bits per heavy atom. The molecule has 0 aliphatic carbocycles. The van der Waals surface area contributed by atoms with Crippen LogP contribution < -0.4 is 4.74 Å².